The van der Waals surface area contributed by atoms with Gasteiger partial charge in [-0.2, -0.15) is 0 Å². The molecule has 4 saturated heterocycles. The molecule has 176 valence electrons. The molecule has 4 aliphatic heterocycles. The number of hydrogen-bond acceptors (Lipinski definition) is 7. The quantitative estimate of drug-likeness (QED) is 0.501. The SMILES string of the molecule is CCC(C)NC(=O)CCC(=O)OC1OC2OC3(C)CCC4C(C)CCC(C1C)C24OO3. The summed E-state index contributed by atoms with van der Waals surface area (Å²) in [4.78, 5) is 36.4. The lowest BCUT2D eigenvalue weighted by molar-refractivity contribution is -0.576. The Hall–Kier alpha value is -1.22. The fourth-order valence-corrected chi connectivity index (χ4v) is 5.86. The van der Waals surface area contributed by atoms with E-state index in [9.17, 15) is 9.59 Å². The van der Waals surface area contributed by atoms with E-state index in [0.29, 0.717) is 5.92 Å². The van der Waals surface area contributed by atoms with Crippen LogP contribution in [0.4, 0.5) is 0 Å². The Morgan fingerprint density at radius 1 is 1.13 bits per heavy atom. The maximum Gasteiger partial charge on any atom is 0.308 e. The van der Waals surface area contributed by atoms with E-state index < -0.39 is 29.9 Å². The Kier molecular flexibility index (Phi) is 6.38. The molecule has 0 aromatic carbocycles. The molecule has 5 rings (SSSR count). The first-order valence-corrected chi connectivity index (χ1v) is 11.9. The van der Waals surface area contributed by atoms with Gasteiger partial charge >= 0.3 is 5.97 Å². The third-order valence-corrected chi connectivity index (χ3v) is 7.92. The van der Waals surface area contributed by atoms with Gasteiger partial charge in [0.15, 0.2) is 11.9 Å². The summed E-state index contributed by atoms with van der Waals surface area (Å²) in [7, 11) is 0. The van der Waals surface area contributed by atoms with Crippen LogP contribution in [-0.2, 0) is 33.6 Å². The fourth-order valence-electron chi connectivity index (χ4n) is 5.86. The van der Waals surface area contributed by atoms with Crippen LogP contribution in [0.25, 0.3) is 0 Å². The van der Waals surface area contributed by atoms with Gasteiger partial charge in [-0.1, -0.05) is 20.8 Å². The predicted octanol–water partition coefficient (Wildman–Crippen LogP) is 3.43. The summed E-state index contributed by atoms with van der Waals surface area (Å²) in [6.45, 7) is 10.1. The number of esters is 1. The molecule has 1 spiro atoms. The zero-order valence-electron chi connectivity index (χ0n) is 19.3. The number of carbonyl (C=O) groups excluding carboxylic acids is 2. The van der Waals surface area contributed by atoms with Crippen LogP contribution >= 0.6 is 0 Å². The third-order valence-electron chi connectivity index (χ3n) is 7.92. The van der Waals surface area contributed by atoms with Crippen LogP contribution in [0.3, 0.4) is 0 Å². The largest absolute Gasteiger partial charge is 0.435 e. The van der Waals surface area contributed by atoms with Crippen molar-refractivity contribution in [1.82, 2.24) is 5.32 Å². The number of carbonyl (C=O) groups is 2. The number of fused-ring (bicyclic) bond motifs is 2. The van der Waals surface area contributed by atoms with E-state index in [2.05, 4.69) is 12.2 Å². The molecule has 1 N–H and O–H groups in total. The molecule has 1 amide bonds. The second kappa shape index (κ2) is 8.61. The number of amides is 1. The zero-order valence-corrected chi connectivity index (χ0v) is 19.3. The number of ether oxygens (including phenoxy) is 3. The molecule has 9 atom stereocenters. The van der Waals surface area contributed by atoms with Crippen molar-refractivity contribution in [2.75, 3.05) is 0 Å². The van der Waals surface area contributed by atoms with Gasteiger partial charge < -0.3 is 19.5 Å². The van der Waals surface area contributed by atoms with Gasteiger partial charge in [0.05, 0.1) is 6.42 Å². The molecular formula is C23H37NO7. The Morgan fingerprint density at radius 2 is 1.90 bits per heavy atom. The van der Waals surface area contributed by atoms with Crippen LogP contribution in [0.2, 0.25) is 0 Å². The number of rotatable bonds is 6. The highest BCUT2D eigenvalue weighted by molar-refractivity contribution is 5.81. The molecule has 5 fully saturated rings. The first kappa shape index (κ1) is 23.0. The molecule has 9 unspecified atom stereocenters. The van der Waals surface area contributed by atoms with E-state index in [0.717, 1.165) is 32.1 Å². The highest BCUT2D eigenvalue weighted by Crippen LogP contribution is 2.60. The molecule has 1 aliphatic carbocycles. The maximum absolute atomic E-state index is 12.5. The van der Waals surface area contributed by atoms with Crippen LogP contribution in [0, 0.1) is 23.7 Å². The Morgan fingerprint density at radius 3 is 2.65 bits per heavy atom. The smallest absolute Gasteiger partial charge is 0.308 e. The Labute approximate surface area is 184 Å². The van der Waals surface area contributed by atoms with Crippen molar-refractivity contribution in [3.8, 4) is 0 Å². The summed E-state index contributed by atoms with van der Waals surface area (Å²) in [5.41, 5.74) is -0.674. The molecule has 4 heterocycles. The highest BCUT2D eigenvalue weighted by atomic mass is 17.3. The lowest BCUT2D eigenvalue weighted by Gasteiger charge is -2.59. The van der Waals surface area contributed by atoms with Crippen molar-refractivity contribution in [3.05, 3.63) is 0 Å². The summed E-state index contributed by atoms with van der Waals surface area (Å²) in [6, 6.07) is 0.0921. The monoisotopic (exact) mass is 439 g/mol. The zero-order chi connectivity index (χ0) is 22.4. The minimum atomic E-state index is -0.860. The summed E-state index contributed by atoms with van der Waals surface area (Å²) in [6.07, 6.45) is 3.31. The van der Waals surface area contributed by atoms with Crippen molar-refractivity contribution in [1.29, 1.82) is 0 Å². The molecule has 0 aromatic rings. The van der Waals surface area contributed by atoms with Gasteiger partial charge in [-0.15, -0.1) is 0 Å². The predicted molar refractivity (Wildman–Crippen MR) is 110 cm³/mol. The van der Waals surface area contributed by atoms with Gasteiger partial charge in [-0.25, -0.2) is 9.78 Å². The summed E-state index contributed by atoms with van der Waals surface area (Å²) in [5, 5.41) is 2.87. The minimum absolute atomic E-state index is 0.0210. The lowest BCUT2D eigenvalue weighted by atomic mass is 9.58. The van der Waals surface area contributed by atoms with Crippen molar-refractivity contribution in [2.45, 2.75) is 110 Å². The molecular weight excluding hydrogens is 402 g/mol. The standard InChI is InChI=1S/C23H37NO7/c1-6-14(3)24-18(25)9-10-19(26)27-20-15(4)17-8-7-13(2)16-11-12-22(5)29-21(28-20)23(16,17)31-30-22/h13-17,20-21H,6-12H2,1-5H3,(H,24,25). The van der Waals surface area contributed by atoms with E-state index >= 15 is 0 Å². The second-order valence-electron chi connectivity index (χ2n) is 10.1. The van der Waals surface area contributed by atoms with Crippen LogP contribution in [0.5, 0.6) is 0 Å². The van der Waals surface area contributed by atoms with Gasteiger partial charge in [0.1, 0.15) is 0 Å². The number of hydrogen-bond donors (Lipinski definition) is 1. The topological polar surface area (TPSA) is 92.3 Å². The van der Waals surface area contributed by atoms with Crippen LogP contribution in [-0.4, -0.2) is 41.9 Å². The van der Waals surface area contributed by atoms with Gasteiger partial charge in [0, 0.05) is 30.7 Å². The normalized spacial score (nSPS) is 44.7. The molecule has 2 bridgehead atoms. The number of nitrogens with one attached hydrogen (secondary N) is 1. The molecule has 0 radical (unpaired) electrons. The second-order valence-corrected chi connectivity index (χ2v) is 10.1. The molecule has 8 heteroatoms. The Balaban J connectivity index is 1.44. The van der Waals surface area contributed by atoms with E-state index in [4.69, 9.17) is 24.0 Å². The van der Waals surface area contributed by atoms with Crippen molar-refractivity contribution >= 4 is 11.9 Å². The maximum atomic E-state index is 12.5. The van der Waals surface area contributed by atoms with Crippen LogP contribution < -0.4 is 5.32 Å². The van der Waals surface area contributed by atoms with E-state index in [1.807, 2.05) is 27.7 Å². The lowest BCUT2D eigenvalue weighted by Crippen LogP contribution is -2.70. The van der Waals surface area contributed by atoms with E-state index in [-0.39, 0.29) is 42.5 Å². The first-order valence-electron chi connectivity index (χ1n) is 11.9. The van der Waals surface area contributed by atoms with Gasteiger partial charge in [0.2, 0.25) is 18.0 Å². The first-order chi connectivity index (χ1) is 14.7. The highest BCUT2D eigenvalue weighted by Gasteiger charge is 2.69. The van der Waals surface area contributed by atoms with Crippen molar-refractivity contribution in [2.24, 2.45) is 23.7 Å². The van der Waals surface area contributed by atoms with E-state index in [1.165, 1.54) is 0 Å². The average molecular weight is 440 g/mol. The van der Waals surface area contributed by atoms with Crippen LogP contribution in [0.1, 0.15) is 79.6 Å². The molecule has 0 aromatic heterocycles. The van der Waals surface area contributed by atoms with Crippen molar-refractivity contribution < 1.29 is 33.6 Å². The minimum Gasteiger partial charge on any atom is -0.435 e. The van der Waals surface area contributed by atoms with Gasteiger partial charge in [0.25, 0.3) is 0 Å². The summed E-state index contributed by atoms with van der Waals surface area (Å²) < 4.78 is 18.2. The molecule has 5 aliphatic rings. The molecule has 8 nitrogen and oxygen atoms in total. The van der Waals surface area contributed by atoms with Crippen LogP contribution in [0.15, 0.2) is 0 Å². The molecule has 31 heavy (non-hydrogen) atoms. The average Bonchev–Trinajstić information content (AvgIpc) is 2.96. The summed E-state index contributed by atoms with van der Waals surface area (Å²) >= 11 is 0. The molecule has 1 saturated carbocycles. The Bertz CT molecular complexity index is 701. The third kappa shape index (κ3) is 4.12. The van der Waals surface area contributed by atoms with E-state index in [1.54, 1.807) is 0 Å². The van der Waals surface area contributed by atoms with Gasteiger partial charge in [-0.3, -0.25) is 9.59 Å². The fraction of sp³-hybridized carbons (Fsp3) is 0.913. The summed E-state index contributed by atoms with van der Waals surface area (Å²) in [5.74, 6) is -0.666. The van der Waals surface area contributed by atoms with Gasteiger partial charge in [-0.05, 0) is 51.4 Å². The van der Waals surface area contributed by atoms with Crippen molar-refractivity contribution in [3.63, 3.8) is 0 Å².